The molecular formula is C23H30N4O4. The van der Waals surface area contributed by atoms with Gasteiger partial charge in [-0.15, -0.1) is 0 Å². The lowest BCUT2D eigenvalue weighted by Crippen LogP contribution is -2.35. The molecule has 0 bridgehead atoms. The molecule has 1 heterocycles. The van der Waals surface area contributed by atoms with Gasteiger partial charge in [0.05, 0.1) is 18.8 Å². The molecule has 8 nitrogen and oxygen atoms in total. The van der Waals surface area contributed by atoms with E-state index >= 15 is 0 Å². The van der Waals surface area contributed by atoms with E-state index in [1.165, 1.54) is 11.6 Å². The molecule has 0 aromatic heterocycles. The number of aromatic hydroxyl groups is 2. The van der Waals surface area contributed by atoms with Crippen molar-refractivity contribution in [2.24, 2.45) is 5.10 Å². The predicted octanol–water partition coefficient (Wildman–Crippen LogP) is 2.60. The first-order valence-corrected chi connectivity index (χ1v) is 10.4. The third-order valence-electron chi connectivity index (χ3n) is 5.38. The number of carbonyl (C=O) groups is 1. The van der Waals surface area contributed by atoms with Gasteiger partial charge >= 0.3 is 0 Å². The van der Waals surface area contributed by atoms with Crippen molar-refractivity contribution in [3.63, 3.8) is 0 Å². The summed E-state index contributed by atoms with van der Waals surface area (Å²) in [5.74, 6) is 0.301. The number of nitrogens with one attached hydrogen (secondary N) is 1. The van der Waals surface area contributed by atoms with Gasteiger partial charge in [0.15, 0.2) is 5.84 Å². The van der Waals surface area contributed by atoms with Crippen LogP contribution >= 0.6 is 0 Å². The van der Waals surface area contributed by atoms with Crippen molar-refractivity contribution in [1.29, 1.82) is 0 Å². The summed E-state index contributed by atoms with van der Waals surface area (Å²) in [6, 6.07) is 11.1. The Morgan fingerprint density at radius 2 is 1.87 bits per heavy atom. The van der Waals surface area contributed by atoms with E-state index in [9.17, 15) is 15.0 Å². The molecule has 166 valence electrons. The monoisotopic (exact) mass is 426 g/mol. The molecule has 31 heavy (non-hydrogen) atoms. The molecule has 1 aliphatic rings. The Hall–Kier alpha value is -3.10. The summed E-state index contributed by atoms with van der Waals surface area (Å²) in [6.45, 7) is 8.14. The van der Waals surface area contributed by atoms with Crippen molar-refractivity contribution >= 4 is 17.9 Å². The number of phenolic OH excluding ortho intramolecular Hbond substituents is 2. The average molecular weight is 427 g/mol. The van der Waals surface area contributed by atoms with Crippen LogP contribution in [0.5, 0.6) is 11.5 Å². The number of carbonyl (C=O) groups excluding carboxylic acids is 1. The molecule has 8 heteroatoms. The van der Waals surface area contributed by atoms with Gasteiger partial charge in [0.25, 0.3) is 0 Å². The van der Waals surface area contributed by atoms with Crippen molar-refractivity contribution in [1.82, 2.24) is 10.3 Å². The average Bonchev–Trinajstić information content (AvgIpc) is 2.76. The molecule has 1 amide bonds. The minimum absolute atomic E-state index is 0.0223. The highest BCUT2D eigenvalue weighted by Gasteiger charge is 2.20. The maximum atomic E-state index is 10.9. The molecule has 0 saturated carbocycles. The molecule has 1 fully saturated rings. The molecule has 3 rings (SSSR count). The van der Waals surface area contributed by atoms with Crippen LogP contribution in [-0.4, -0.2) is 60.7 Å². The van der Waals surface area contributed by atoms with E-state index in [2.05, 4.69) is 27.6 Å². The predicted molar refractivity (Wildman–Crippen MR) is 121 cm³/mol. The number of rotatable bonds is 7. The zero-order valence-corrected chi connectivity index (χ0v) is 18.2. The second kappa shape index (κ2) is 10.3. The number of amides is 1. The largest absolute Gasteiger partial charge is 0.508 e. The summed E-state index contributed by atoms with van der Waals surface area (Å²) in [6.07, 6.45) is 0.472. The number of hydrogen-bond donors (Lipinski definition) is 3. The van der Waals surface area contributed by atoms with Gasteiger partial charge in [-0.2, -0.15) is 5.10 Å². The number of morpholine rings is 1. The van der Waals surface area contributed by atoms with E-state index in [-0.39, 0.29) is 17.4 Å². The summed E-state index contributed by atoms with van der Waals surface area (Å²) in [5.41, 5.74) is 5.46. The van der Waals surface area contributed by atoms with Crippen LogP contribution in [0.15, 0.2) is 41.5 Å². The van der Waals surface area contributed by atoms with E-state index < -0.39 is 0 Å². The first-order valence-electron chi connectivity index (χ1n) is 10.4. The van der Waals surface area contributed by atoms with Crippen molar-refractivity contribution < 1.29 is 19.7 Å². The molecule has 1 aliphatic heterocycles. The summed E-state index contributed by atoms with van der Waals surface area (Å²) in [4.78, 5) is 15.0. The fourth-order valence-electron chi connectivity index (χ4n) is 3.60. The molecule has 0 spiro atoms. The minimum Gasteiger partial charge on any atom is -0.508 e. The van der Waals surface area contributed by atoms with Gasteiger partial charge in [0, 0.05) is 38.4 Å². The lowest BCUT2D eigenvalue weighted by Gasteiger charge is -2.27. The van der Waals surface area contributed by atoms with Crippen LogP contribution in [0.25, 0.3) is 0 Å². The van der Waals surface area contributed by atoms with E-state index in [1.54, 1.807) is 11.0 Å². The zero-order chi connectivity index (χ0) is 22.4. The van der Waals surface area contributed by atoms with Gasteiger partial charge < -0.3 is 19.8 Å². The number of benzene rings is 2. The number of nitrogens with zero attached hydrogens (tertiary/aromatic N) is 3. The molecule has 1 saturated heterocycles. The molecule has 3 N–H and O–H groups in total. The number of phenols is 2. The Morgan fingerprint density at radius 3 is 2.48 bits per heavy atom. The van der Waals surface area contributed by atoms with Crippen LogP contribution in [0.2, 0.25) is 0 Å². The van der Waals surface area contributed by atoms with Crippen molar-refractivity contribution in [3.8, 4) is 11.5 Å². The Balaban J connectivity index is 1.87. The molecule has 0 atom stereocenters. The zero-order valence-electron chi connectivity index (χ0n) is 18.2. The second-order valence-electron chi connectivity index (χ2n) is 7.88. The number of ether oxygens (including phenoxy) is 1. The number of amidine groups is 1. The molecule has 0 unspecified atom stereocenters. The molecule has 2 aromatic carbocycles. The van der Waals surface area contributed by atoms with Crippen LogP contribution < -0.4 is 10.3 Å². The number of hydrogen-bond acceptors (Lipinski definition) is 6. The number of anilines is 1. The fraction of sp³-hybridized carbons (Fsp3) is 0.391. The highest BCUT2D eigenvalue weighted by molar-refractivity contribution is 6.11. The summed E-state index contributed by atoms with van der Waals surface area (Å²) in [5, 5.41) is 24.8. The third kappa shape index (κ3) is 5.53. The van der Waals surface area contributed by atoms with Crippen LogP contribution in [0.1, 0.15) is 36.5 Å². The van der Waals surface area contributed by atoms with Crippen LogP contribution in [0, 0.1) is 0 Å². The van der Waals surface area contributed by atoms with E-state index in [0.717, 1.165) is 38.5 Å². The van der Waals surface area contributed by atoms with Crippen molar-refractivity contribution in [2.45, 2.75) is 26.3 Å². The van der Waals surface area contributed by atoms with Gasteiger partial charge in [-0.3, -0.25) is 9.69 Å². The highest BCUT2D eigenvalue weighted by Crippen LogP contribution is 2.33. The fourth-order valence-corrected chi connectivity index (χ4v) is 3.60. The molecule has 0 aliphatic carbocycles. The Labute approximate surface area is 182 Å². The van der Waals surface area contributed by atoms with E-state index in [1.807, 2.05) is 33.0 Å². The van der Waals surface area contributed by atoms with Gasteiger partial charge in [0.2, 0.25) is 6.41 Å². The van der Waals surface area contributed by atoms with Gasteiger partial charge in [-0.1, -0.05) is 26.0 Å². The Morgan fingerprint density at radius 1 is 1.19 bits per heavy atom. The second-order valence-corrected chi connectivity index (χ2v) is 7.88. The standard InChI is InChI=1S/C23H30N4O4/c1-16(2)19-12-20(22(30)13-21(19)29)23(25-24-15-28)26(3)18-6-4-17(5-7-18)14-27-8-10-31-11-9-27/h4-7,12-13,15-16,29-30H,8-11,14H2,1-3H3,(H,24,28)/b25-23-. The van der Waals surface area contributed by atoms with Crippen molar-refractivity contribution in [2.75, 3.05) is 38.3 Å². The van der Waals surface area contributed by atoms with Crippen LogP contribution in [0.4, 0.5) is 5.69 Å². The molecule has 2 aromatic rings. The SMILES string of the molecule is CC(C)c1cc(/C(=N/NC=O)N(C)c2ccc(CN3CCOCC3)cc2)c(O)cc1O. The van der Waals surface area contributed by atoms with Crippen molar-refractivity contribution in [3.05, 3.63) is 53.1 Å². The Bertz CT molecular complexity index is 922. The lowest BCUT2D eigenvalue weighted by atomic mass is 9.98. The van der Waals surface area contributed by atoms with Gasteiger partial charge in [-0.05, 0) is 35.2 Å². The highest BCUT2D eigenvalue weighted by atomic mass is 16.5. The lowest BCUT2D eigenvalue weighted by molar-refractivity contribution is -0.109. The maximum Gasteiger partial charge on any atom is 0.227 e. The number of hydrazone groups is 1. The molecule has 0 radical (unpaired) electrons. The smallest absolute Gasteiger partial charge is 0.227 e. The quantitative estimate of drug-likeness (QED) is 0.273. The van der Waals surface area contributed by atoms with Crippen LogP contribution in [-0.2, 0) is 16.1 Å². The summed E-state index contributed by atoms with van der Waals surface area (Å²) < 4.78 is 5.40. The minimum atomic E-state index is -0.121. The van der Waals surface area contributed by atoms with Gasteiger partial charge in [0.1, 0.15) is 11.5 Å². The first-order chi connectivity index (χ1) is 14.9. The van der Waals surface area contributed by atoms with E-state index in [0.29, 0.717) is 23.4 Å². The molecular weight excluding hydrogens is 396 g/mol. The van der Waals surface area contributed by atoms with E-state index in [4.69, 9.17) is 4.74 Å². The first kappa shape index (κ1) is 22.6. The van der Waals surface area contributed by atoms with Gasteiger partial charge in [-0.25, -0.2) is 5.43 Å². The Kier molecular flexibility index (Phi) is 7.49. The topological polar surface area (TPSA) is 97.6 Å². The maximum absolute atomic E-state index is 10.9. The summed E-state index contributed by atoms with van der Waals surface area (Å²) in [7, 11) is 1.81. The van der Waals surface area contributed by atoms with Crippen LogP contribution in [0.3, 0.4) is 0 Å². The third-order valence-corrected chi connectivity index (χ3v) is 5.38. The summed E-state index contributed by atoms with van der Waals surface area (Å²) >= 11 is 0. The normalized spacial score (nSPS) is 15.2.